The molecule has 0 aromatic heterocycles. The minimum Gasteiger partial charge on any atom is -0.368 e. The quantitative estimate of drug-likeness (QED) is 0.914. The van der Waals surface area contributed by atoms with Gasteiger partial charge in [0, 0.05) is 17.1 Å². The van der Waals surface area contributed by atoms with Gasteiger partial charge in [-0.1, -0.05) is 28.1 Å². The van der Waals surface area contributed by atoms with E-state index in [2.05, 4.69) is 73.2 Å². The highest BCUT2D eigenvalue weighted by molar-refractivity contribution is 9.10. The lowest BCUT2D eigenvalue weighted by molar-refractivity contribution is -0.0699. The average Bonchev–Trinajstić information content (AvgIpc) is 2.45. The van der Waals surface area contributed by atoms with E-state index in [-0.39, 0.29) is 11.2 Å². The monoisotopic (exact) mass is 311 g/mol. The van der Waals surface area contributed by atoms with E-state index in [1.807, 2.05) is 0 Å². The van der Waals surface area contributed by atoms with Gasteiger partial charge in [0.2, 0.25) is 0 Å². The summed E-state index contributed by atoms with van der Waals surface area (Å²) < 4.78 is 7.21. The van der Waals surface area contributed by atoms with Crippen LogP contribution in [0.3, 0.4) is 0 Å². The van der Waals surface area contributed by atoms with Crippen LogP contribution in [0.1, 0.15) is 39.7 Å². The molecule has 100 valence electrons. The third-order valence-corrected chi connectivity index (χ3v) is 4.07. The minimum atomic E-state index is -0.0983. The molecule has 1 atom stereocenters. The summed E-state index contributed by atoms with van der Waals surface area (Å²) in [5, 5.41) is 3.62. The smallest absolute Gasteiger partial charge is 0.0787 e. The molecule has 1 N–H and O–H groups in total. The Morgan fingerprint density at radius 1 is 1.22 bits per heavy atom. The third kappa shape index (κ3) is 3.34. The Morgan fingerprint density at radius 2 is 1.83 bits per heavy atom. The van der Waals surface area contributed by atoms with E-state index >= 15 is 0 Å². The molecule has 3 heteroatoms. The maximum absolute atomic E-state index is 6.09. The largest absolute Gasteiger partial charge is 0.368 e. The highest BCUT2D eigenvalue weighted by atomic mass is 79.9. The molecule has 1 aliphatic rings. The molecule has 1 aromatic rings. The van der Waals surface area contributed by atoms with Gasteiger partial charge in [-0.3, -0.25) is 0 Å². The summed E-state index contributed by atoms with van der Waals surface area (Å²) in [5.41, 5.74) is 1.18. The zero-order valence-electron chi connectivity index (χ0n) is 11.6. The minimum absolute atomic E-state index is 0.0269. The van der Waals surface area contributed by atoms with Crippen LogP contribution in [0.15, 0.2) is 28.7 Å². The molecule has 1 aliphatic heterocycles. The highest BCUT2D eigenvalue weighted by Crippen LogP contribution is 2.37. The van der Waals surface area contributed by atoms with Crippen LogP contribution in [-0.2, 0) is 11.3 Å². The van der Waals surface area contributed by atoms with Crippen molar-refractivity contribution in [1.82, 2.24) is 5.32 Å². The number of benzene rings is 1. The first-order valence-electron chi connectivity index (χ1n) is 6.46. The number of hydrogen-bond donors (Lipinski definition) is 1. The molecule has 0 radical (unpaired) electrons. The molecular weight excluding hydrogens is 290 g/mol. The molecule has 1 unspecified atom stereocenters. The molecule has 0 bridgehead atoms. The van der Waals surface area contributed by atoms with Gasteiger partial charge in [0.15, 0.2) is 0 Å². The fourth-order valence-corrected chi connectivity index (χ4v) is 2.99. The van der Waals surface area contributed by atoms with Crippen LogP contribution >= 0.6 is 15.9 Å². The van der Waals surface area contributed by atoms with Gasteiger partial charge >= 0.3 is 0 Å². The highest BCUT2D eigenvalue weighted by Gasteiger charge is 2.45. The van der Waals surface area contributed by atoms with Gasteiger partial charge in [0.1, 0.15) is 0 Å². The van der Waals surface area contributed by atoms with Crippen LogP contribution in [0.5, 0.6) is 0 Å². The SMILES string of the molecule is CC1(C)CC(NCc2ccc(Br)cc2)C(C)(C)O1. The summed E-state index contributed by atoms with van der Waals surface area (Å²) in [6.45, 7) is 9.55. The maximum atomic E-state index is 6.09. The fraction of sp³-hybridized carbons (Fsp3) is 0.600. The van der Waals surface area contributed by atoms with Crippen molar-refractivity contribution in [1.29, 1.82) is 0 Å². The Bertz CT molecular complexity index is 411. The van der Waals surface area contributed by atoms with E-state index in [0.717, 1.165) is 17.4 Å². The Morgan fingerprint density at radius 3 is 2.33 bits per heavy atom. The summed E-state index contributed by atoms with van der Waals surface area (Å²) in [5.74, 6) is 0. The van der Waals surface area contributed by atoms with E-state index in [1.165, 1.54) is 5.56 Å². The molecule has 2 rings (SSSR count). The topological polar surface area (TPSA) is 21.3 Å². The Balaban J connectivity index is 1.96. The summed E-state index contributed by atoms with van der Waals surface area (Å²) in [6, 6.07) is 8.85. The molecule has 18 heavy (non-hydrogen) atoms. The van der Waals surface area contributed by atoms with Crippen LogP contribution in [-0.4, -0.2) is 17.2 Å². The predicted molar refractivity (Wildman–Crippen MR) is 78.6 cm³/mol. The van der Waals surface area contributed by atoms with E-state index in [1.54, 1.807) is 0 Å². The zero-order valence-corrected chi connectivity index (χ0v) is 13.2. The first-order valence-corrected chi connectivity index (χ1v) is 7.26. The molecule has 0 aliphatic carbocycles. The van der Waals surface area contributed by atoms with Crippen LogP contribution < -0.4 is 5.32 Å². The second-order valence-electron chi connectivity index (χ2n) is 6.23. The molecule has 1 aromatic carbocycles. The molecule has 0 spiro atoms. The molecule has 1 saturated heterocycles. The van der Waals surface area contributed by atoms with Gasteiger partial charge < -0.3 is 10.1 Å². The van der Waals surface area contributed by atoms with Gasteiger partial charge in [0.05, 0.1) is 11.2 Å². The predicted octanol–water partition coefficient (Wildman–Crippen LogP) is 3.88. The molecule has 1 heterocycles. The number of ether oxygens (including phenoxy) is 1. The van der Waals surface area contributed by atoms with Crippen molar-refractivity contribution in [3.05, 3.63) is 34.3 Å². The van der Waals surface area contributed by atoms with E-state index in [0.29, 0.717) is 6.04 Å². The van der Waals surface area contributed by atoms with Crippen LogP contribution in [0.25, 0.3) is 0 Å². The molecule has 0 saturated carbocycles. The fourth-order valence-electron chi connectivity index (χ4n) is 2.72. The van der Waals surface area contributed by atoms with E-state index in [4.69, 9.17) is 4.74 Å². The first kappa shape index (κ1) is 14.0. The van der Waals surface area contributed by atoms with Crippen molar-refractivity contribution < 1.29 is 4.74 Å². The Kier molecular flexibility index (Phi) is 3.86. The summed E-state index contributed by atoms with van der Waals surface area (Å²) in [4.78, 5) is 0. The number of rotatable bonds is 3. The van der Waals surface area contributed by atoms with Crippen LogP contribution in [0.2, 0.25) is 0 Å². The van der Waals surface area contributed by atoms with Crippen molar-refractivity contribution in [2.45, 2.75) is 57.9 Å². The van der Waals surface area contributed by atoms with Gasteiger partial charge in [-0.2, -0.15) is 0 Å². The number of nitrogens with one attached hydrogen (secondary N) is 1. The summed E-state index contributed by atoms with van der Waals surface area (Å²) in [7, 11) is 0. The van der Waals surface area contributed by atoms with Crippen LogP contribution in [0, 0.1) is 0 Å². The molecular formula is C15H22BrNO. The number of hydrogen-bond acceptors (Lipinski definition) is 2. The van der Waals surface area contributed by atoms with E-state index in [9.17, 15) is 0 Å². The summed E-state index contributed by atoms with van der Waals surface area (Å²) in [6.07, 6.45) is 1.05. The lowest BCUT2D eigenvalue weighted by atomic mass is 9.94. The second-order valence-corrected chi connectivity index (χ2v) is 7.14. The Hall–Kier alpha value is -0.380. The van der Waals surface area contributed by atoms with Gasteiger partial charge in [-0.05, 0) is 51.8 Å². The van der Waals surface area contributed by atoms with Crippen molar-refractivity contribution in [3.63, 3.8) is 0 Å². The molecule has 0 amide bonds. The second kappa shape index (κ2) is 4.95. The molecule has 2 nitrogen and oxygen atoms in total. The van der Waals surface area contributed by atoms with Crippen molar-refractivity contribution in [2.75, 3.05) is 0 Å². The Labute approximate surface area is 118 Å². The van der Waals surface area contributed by atoms with Gasteiger partial charge in [-0.25, -0.2) is 0 Å². The molecule has 1 fully saturated rings. The summed E-state index contributed by atoms with van der Waals surface area (Å²) >= 11 is 3.46. The lowest BCUT2D eigenvalue weighted by Crippen LogP contribution is -2.42. The van der Waals surface area contributed by atoms with Crippen molar-refractivity contribution >= 4 is 15.9 Å². The van der Waals surface area contributed by atoms with Gasteiger partial charge in [-0.15, -0.1) is 0 Å². The number of halogens is 1. The lowest BCUT2D eigenvalue weighted by Gasteiger charge is -2.28. The van der Waals surface area contributed by atoms with Crippen molar-refractivity contribution in [3.8, 4) is 0 Å². The maximum Gasteiger partial charge on any atom is 0.0787 e. The first-order chi connectivity index (χ1) is 8.28. The van der Waals surface area contributed by atoms with E-state index < -0.39 is 0 Å². The van der Waals surface area contributed by atoms with Crippen LogP contribution in [0.4, 0.5) is 0 Å². The normalized spacial score (nSPS) is 25.3. The van der Waals surface area contributed by atoms with Gasteiger partial charge in [0.25, 0.3) is 0 Å². The standard InChI is InChI=1S/C15H22BrNO/c1-14(2)9-13(15(3,4)18-14)17-10-11-5-7-12(16)8-6-11/h5-8,13,17H,9-10H2,1-4H3. The third-order valence-electron chi connectivity index (χ3n) is 3.54. The zero-order chi connectivity index (χ0) is 13.4. The average molecular weight is 312 g/mol. The van der Waals surface area contributed by atoms with Crippen molar-refractivity contribution in [2.24, 2.45) is 0 Å².